The lowest BCUT2D eigenvalue weighted by molar-refractivity contribution is -0.146. The summed E-state index contributed by atoms with van der Waals surface area (Å²) in [5.41, 5.74) is 0. The molecule has 0 aromatic heterocycles. The number of amides is 6. The van der Waals surface area contributed by atoms with Gasteiger partial charge in [-0.1, -0.05) is 0 Å². The van der Waals surface area contributed by atoms with Crippen molar-refractivity contribution in [3.63, 3.8) is 0 Å². The first-order valence-electron chi connectivity index (χ1n) is 45.8. The molecule has 0 aliphatic carbocycles. The zero-order valence-corrected chi connectivity index (χ0v) is 76.6. The predicted molar refractivity (Wildman–Crippen MR) is 471 cm³/mol. The summed E-state index contributed by atoms with van der Waals surface area (Å²) in [5.74, 6) is -17.9. The molecule has 6 amide bonds. The monoisotopic (exact) mass is 1910 g/mol. The third kappa shape index (κ3) is 40.3. The minimum Gasteiger partial charge on any atom is -0.480 e. The lowest BCUT2D eigenvalue weighted by Crippen LogP contribution is -2.69. The van der Waals surface area contributed by atoms with Crippen LogP contribution in [0.2, 0.25) is 0 Å². The minimum absolute atomic E-state index is 0.0292. The van der Waals surface area contributed by atoms with Crippen LogP contribution in [0.5, 0.6) is 0 Å². The Morgan fingerprint density at radius 3 is 0.448 bits per heavy atom. The zero-order valence-electron chi connectivity index (χ0n) is 76.6. The van der Waals surface area contributed by atoms with Crippen molar-refractivity contribution in [3.05, 3.63) is 0 Å². The Labute approximate surface area is 777 Å². The summed E-state index contributed by atoms with van der Waals surface area (Å²) in [7, 11) is 0. The van der Waals surface area contributed by atoms with Crippen molar-refractivity contribution in [1.29, 1.82) is 0 Å². The summed E-state index contributed by atoms with van der Waals surface area (Å²) in [5, 5.41) is 123. The van der Waals surface area contributed by atoms with Crippen molar-refractivity contribution in [1.82, 2.24) is 113 Å². The molecule has 0 radical (unpaired) electrons. The standard InChI is InChI=1S/C82H139N23O29/c106-38-37-84-1-3-89(51-70(111)112)13-5-85(6-14-90(4-2-84)52-71(113)114)47-66(107)100-33-34-101(67(108)48-86-7-15-91(53-72(115)116)21-27-97(59-78(127)128)28-22-92(16-8-86)54-73(117)118)40-62(39-100)81(133)104-43-64-45-105(46-65(44-104)83-64)82(134)63-41-102(68(109)49-87-9-17-93(55-74(119)120)23-29-98(60-79(129)130)30-24-94(18-10-87)56-75(121)122)35-36-103(42-63)69(110)50-88-11-19-95(57-76(123)124)25-31-99(61-80(131)132)32-26-96(20-12-88)58-77(125)126/h62-65,83,106H,1-61H2,(H,111,112)(H,113,114)(H,115,116)(H,117,118)(H,119,120)(H,121,122)(H,123,124)(H,125,126)(H,127,128)(H,129,130)(H,131,132). The van der Waals surface area contributed by atoms with E-state index in [4.69, 9.17) is 0 Å². The SMILES string of the molecule is O=C(O)CN1CCN(CC(=O)O)CCN(CC(=O)N2CCN(C(=O)CN3CCN(CC(=O)O)CCN(CCO)CCN(CC(=O)O)CC3)CC(C(=O)N3CC4CN(C(=O)C5CN(C(=O)CN6CCN(CC(=O)O)CCN(CC(=O)O)CCN(CC(=O)O)CC6)CCN(C(=O)CN6CCN(CC(=O)O)CCN(CC(=O)O)CCN(CC(=O)O)CC6)C5)CC(C3)N4)C2)CCN(CC(=O)O)CC1. The van der Waals surface area contributed by atoms with Gasteiger partial charge in [0.25, 0.3) is 0 Å². The van der Waals surface area contributed by atoms with Crippen LogP contribution in [-0.4, -0.2) is 682 Å². The second-order valence-corrected chi connectivity index (χ2v) is 35.8. The molecule has 13 N–H and O–H groups in total. The summed E-state index contributed by atoms with van der Waals surface area (Å²) in [4.78, 5) is 263. The highest BCUT2D eigenvalue weighted by Gasteiger charge is 2.45. The number of aliphatic hydroxyl groups is 1. The highest BCUT2D eigenvalue weighted by molar-refractivity contribution is 5.86. The summed E-state index contributed by atoms with van der Waals surface area (Å²) in [6.07, 6.45) is 0. The van der Waals surface area contributed by atoms with Gasteiger partial charge < -0.3 is 96.0 Å². The van der Waals surface area contributed by atoms with Gasteiger partial charge in [0.15, 0.2) is 0 Å². The molecule has 8 heterocycles. The van der Waals surface area contributed by atoms with Crippen LogP contribution in [-0.2, 0) is 81.5 Å². The smallest absolute Gasteiger partial charge is 0.317 e. The van der Waals surface area contributed by atoms with Crippen LogP contribution in [0.3, 0.4) is 0 Å². The second-order valence-electron chi connectivity index (χ2n) is 35.8. The van der Waals surface area contributed by atoms with Gasteiger partial charge in [-0.15, -0.1) is 0 Å². The molecule has 8 fully saturated rings. The number of carbonyl (C=O) groups excluding carboxylic acids is 6. The van der Waals surface area contributed by atoms with E-state index in [1.165, 1.54) is 19.6 Å². The quantitative estimate of drug-likeness (QED) is 0.0284. The topological polar surface area (TPSA) is 616 Å². The molecule has 8 rings (SSSR count). The van der Waals surface area contributed by atoms with Crippen LogP contribution in [0, 0.1) is 11.8 Å². The van der Waals surface area contributed by atoms with Crippen LogP contribution in [0.4, 0.5) is 0 Å². The van der Waals surface area contributed by atoms with E-state index in [9.17, 15) is 114 Å². The molecule has 8 saturated heterocycles. The lowest BCUT2D eigenvalue weighted by Gasteiger charge is -2.48. The largest absolute Gasteiger partial charge is 0.480 e. The number of β-amino-alcohol motifs (C(OH)–C–C–N with tert-alkyl or cyclic N) is 1. The average Bonchev–Trinajstić information content (AvgIpc) is 1.11. The predicted octanol–water partition coefficient (Wildman–Crippen LogP) is -12.6. The molecule has 3 atom stereocenters. The molecule has 3 unspecified atom stereocenters. The molecule has 134 heavy (non-hydrogen) atoms. The summed E-state index contributed by atoms with van der Waals surface area (Å²) in [6.45, 7) is -3.46. The van der Waals surface area contributed by atoms with Crippen molar-refractivity contribution in [2.75, 3.05) is 399 Å². The molecule has 756 valence electrons. The highest BCUT2D eigenvalue weighted by atomic mass is 16.4. The van der Waals surface area contributed by atoms with Crippen LogP contribution < -0.4 is 5.32 Å². The second kappa shape index (κ2) is 56.1. The van der Waals surface area contributed by atoms with Gasteiger partial charge in [-0.05, 0) is 0 Å². The zero-order chi connectivity index (χ0) is 97.7. The number of rotatable bonds is 34. The van der Waals surface area contributed by atoms with Crippen LogP contribution in [0.25, 0.3) is 0 Å². The normalized spacial score (nSPS) is 23.2. The molecule has 0 aromatic rings. The van der Waals surface area contributed by atoms with Crippen molar-refractivity contribution in [3.8, 4) is 0 Å². The first-order valence-corrected chi connectivity index (χ1v) is 45.8. The maximum atomic E-state index is 15.9. The Bertz CT molecular complexity index is 3690. The fraction of sp³-hybridized carbons (Fsp3) is 0.793. The third-order valence-corrected chi connectivity index (χ3v) is 25.5. The molecule has 0 spiro atoms. The number of aliphatic carboxylic acids is 11. The van der Waals surface area contributed by atoms with Crippen molar-refractivity contribution < 1.29 is 143 Å². The van der Waals surface area contributed by atoms with Gasteiger partial charge in [-0.25, -0.2) is 0 Å². The number of nitrogens with zero attached hydrogens (tertiary/aromatic N) is 22. The first kappa shape index (κ1) is 110. The Morgan fingerprint density at radius 1 is 0.179 bits per heavy atom. The van der Waals surface area contributed by atoms with E-state index in [0.29, 0.717) is 13.1 Å². The third-order valence-electron chi connectivity index (χ3n) is 25.5. The summed E-state index contributed by atoms with van der Waals surface area (Å²) in [6, 6.07) is -1.29. The lowest BCUT2D eigenvalue weighted by atomic mass is 9.98. The number of fused-ring (bicyclic) bond motifs is 2. The first-order chi connectivity index (χ1) is 63.7. The Kier molecular flexibility index (Phi) is 45.9. The van der Waals surface area contributed by atoms with Crippen LogP contribution in [0.15, 0.2) is 0 Å². The van der Waals surface area contributed by atoms with E-state index in [0.717, 1.165) is 0 Å². The highest BCUT2D eigenvalue weighted by Crippen LogP contribution is 2.24. The number of aliphatic hydroxyl groups excluding tert-OH is 1. The molecule has 52 heteroatoms. The van der Waals surface area contributed by atoms with E-state index in [2.05, 4.69) is 5.32 Å². The molecular weight excluding hydrogens is 1770 g/mol. The number of carboxylic acids is 11. The number of piperazine rings is 2. The van der Waals surface area contributed by atoms with Gasteiger partial charge in [0.05, 0.1) is 117 Å². The van der Waals surface area contributed by atoms with E-state index in [1.807, 2.05) is 4.90 Å². The summed E-state index contributed by atoms with van der Waals surface area (Å²) < 4.78 is 0. The Morgan fingerprint density at radius 2 is 0.313 bits per heavy atom. The molecule has 2 bridgehead atoms. The number of hydrogen-bond donors (Lipinski definition) is 13. The maximum absolute atomic E-state index is 15.9. The summed E-state index contributed by atoms with van der Waals surface area (Å²) >= 11 is 0. The van der Waals surface area contributed by atoms with Crippen LogP contribution in [0.1, 0.15) is 0 Å². The van der Waals surface area contributed by atoms with E-state index in [1.54, 1.807) is 83.3 Å². The van der Waals surface area contributed by atoms with Crippen LogP contribution >= 0.6 is 0 Å². The Balaban J connectivity index is 1.08. The van der Waals surface area contributed by atoms with E-state index in [-0.39, 0.29) is 327 Å². The number of nitrogens with one attached hydrogen (secondary N) is 1. The van der Waals surface area contributed by atoms with Crippen molar-refractivity contribution >= 4 is 101 Å². The van der Waals surface area contributed by atoms with Gasteiger partial charge in [0.2, 0.25) is 35.4 Å². The van der Waals surface area contributed by atoms with Gasteiger partial charge in [-0.3, -0.25) is 160 Å². The van der Waals surface area contributed by atoms with Crippen molar-refractivity contribution in [2.24, 2.45) is 11.8 Å². The van der Waals surface area contributed by atoms with Gasteiger partial charge in [-0.2, -0.15) is 0 Å². The average molecular weight is 1910 g/mol. The fourth-order valence-corrected chi connectivity index (χ4v) is 18.3. The maximum Gasteiger partial charge on any atom is 0.317 e. The molecule has 0 saturated carbocycles. The number of carbonyl (C=O) groups is 17. The van der Waals surface area contributed by atoms with Gasteiger partial charge in [0.1, 0.15) is 0 Å². The molecular formula is C82H139N23O29. The van der Waals surface area contributed by atoms with E-state index >= 15 is 28.8 Å². The molecule has 8 aliphatic heterocycles. The molecule has 52 nitrogen and oxygen atoms in total. The molecule has 0 aromatic carbocycles. The Hall–Kier alpha value is -9.73. The van der Waals surface area contributed by atoms with Crippen molar-refractivity contribution in [2.45, 2.75) is 12.1 Å². The van der Waals surface area contributed by atoms with Gasteiger partial charge >= 0.3 is 65.7 Å². The fourth-order valence-electron chi connectivity index (χ4n) is 18.3. The number of carboxylic acid groups (broad SMARTS) is 11. The van der Waals surface area contributed by atoms with E-state index < -0.39 is 184 Å². The number of hydrogen-bond acceptors (Lipinski definition) is 35. The molecule has 8 aliphatic rings. The van der Waals surface area contributed by atoms with Gasteiger partial charge in [0, 0.05) is 307 Å². The minimum atomic E-state index is -1.17.